The van der Waals surface area contributed by atoms with E-state index < -0.39 is 0 Å². The van der Waals surface area contributed by atoms with Gasteiger partial charge in [-0.15, -0.1) is 6.42 Å². The summed E-state index contributed by atoms with van der Waals surface area (Å²) in [4.78, 5) is 12.7. The lowest BCUT2D eigenvalue weighted by molar-refractivity contribution is -0.129. The van der Waals surface area contributed by atoms with E-state index in [2.05, 4.69) is 5.92 Å². The Labute approximate surface area is 68.6 Å². The monoisotopic (exact) mass is 153 g/mol. The minimum atomic E-state index is -0.0764. The molecule has 0 heterocycles. The average molecular weight is 153 g/mol. The van der Waals surface area contributed by atoms with Crippen molar-refractivity contribution < 1.29 is 4.79 Å². The summed E-state index contributed by atoms with van der Waals surface area (Å²) < 4.78 is 0. The highest BCUT2D eigenvalue weighted by Gasteiger charge is 2.12. The minimum absolute atomic E-state index is 0.0531. The fraction of sp³-hybridized carbons (Fsp3) is 0.667. The van der Waals surface area contributed by atoms with Crippen LogP contribution in [0.2, 0.25) is 0 Å². The van der Waals surface area contributed by atoms with E-state index in [1.165, 1.54) is 0 Å². The third-order valence-electron chi connectivity index (χ3n) is 1.58. The van der Waals surface area contributed by atoms with Crippen molar-refractivity contribution in [3.63, 3.8) is 0 Å². The quantitative estimate of drug-likeness (QED) is 0.559. The first-order chi connectivity index (χ1) is 5.13. The summed E-state index contributed by atoms with van der Waals surface area (Å²) >= 11 is 0. The smallest absolute Gasteiger partial charge is 0.220 e. The topological polar surface area (TPSA) is 20.3 Å². The summed E-state index contributed by atoms with van der Waals surface area (Å²) in [5.41, 5.74) is 0. The normalized spacial score (nSPS) is 11.8. The Bertz CT molecular complexity index is 169. The largest absolute Gasteiger partial charge is 0.329 e. The van der Waals surface area contributed by atoms with Crippen LogP contribution in [0.15, 0.2) is 0 Å². The van der Waals surface area contributed by atoms with E-state index in [0.717, 1.165) is 13.0 Å². The van der Waals surface area contributed by atoms with E-state index in [-0.39, 0.29) is 11.9 Å². The van der Waals surface area contributed by atoms with Gasteiger partial charge in [-0.1, -0.05) is 12.8 Å². The van der Waals surface area contributed by atoms with Crippen LogP contribution in [-0.4, -0.2) is 23.4 Å². The molecular formula is C9H15NO. The van der Waals surface area contributed by atoms with E-state index in [1.54, 1.807) is 11.8 Å². The second-order valence-electron chi connectivity index (χ2n) is 2.56. The third-order valence-corrected chi connectivity index (χ3v) is 1.58. The number of hydrogen-bond donors (Lipinski definition) is 0. The van der Waals surface area contributed by atoms with Crippen LogP contribution in [0.25, 0.3) is 0 Å². The van der Waals surface area contributed by atoms with Crippen molar-refractivity contribution in [3.8, 4) is 12.3 Å². The number of terminal acetylenes is 1. The van der Waals surface area contributed by atoms with Gasteiger partial charge >= 0.3 is 0 Å². The van der Waals surface area contributed by atoms with E-state index >= 15 is 0 Å². The molecule has 0 aliphatic heterocycles. The van der Waals surface area contributed by atoms with Gasteiger partial charge in [-0.3, -0.25) is 4.79 Å². The number of amides is 1. The van der Waals surface area contributed by atoms with E-state index in [4.69, 9.17) is 6.42 Å². The fourth-order valence-corrected chi connectivity index (χ4v) is 0.955. The maximum Gasteiger partial charge on any atom is 0.220 e. The first kappa shape index (κ1) is 10.0. The summed E-state index contributed by atoms with van der Waals surface area (Å²) in [6, 6.07) is -0.0764. The SMILES string of the molecule is C#C[C@@H](C)N(CCC)C(C)=O. The predicted octanol–water partition coefficient (Wildman–Crippen LogP) is 1.27. The van der Waals surface area contributed by atoms with E-state index in [1.807, 2.05) is 13.8 Å². The second-order valence-corrected chi connectivity index (χ2v) is 2.56. The molecule has 1 amide bonds. The minimum Gasteiger partial charge on any atom is -0.329 e. The number of rotatable bonds is 3. The number of nitrogens with zero attached hydrogens (tertiary/aromatic N) is 1. The maximum atomic E-state index is 11.0. The third kappa shape index (κ3) is 3.08. The summed E-state index contributed by atoms with van der Waals surface area (Å²) in [5.74, 6) is 2.59. The van der Waals surface area contributed by atoms with Crippen LogP contribution in [0.3, 0.4) is 0 Å². The lowest BCUT2D eigenvalue weighted by Crippen LogP contribution is -2.36. The van der Waals surface area contributed by atoms with Crippen LogP contribution < -0.4 is 0 Å². The molecule has 0 aromatic heterocycles. The van der Waals surface area contributed by atoms with Gasteiger partial charge in [-0.05, 0) is 13.3 Å². The van der Waals surface area contributed by atoms with Crippen molar-refractivity contribution in [1.29, 1.82) is 0 Å². The summed E-state index contributed by atoms with van der Waals surface area (Å²) in [7, 11) is 0. The van der Waals surface area contributed by atoms with E-state index in [9.17, 15) is 4.79 Å². The van der Waals surface area contributed by atoms with Crippen LogP contribution in [-0.2, 0) is 4.79 Å². The van der Waals surface area contributed by atoms with Crippen LogP contribution in [0, 0.1) is 12.3 Å². The van der Waals surface area contributed by atoms with E-state index in [0.29, 0.717) is 0 Å². The Hall–Kier alpha value is -0.970. The van der Waals surface area contributed by atoms with Gasteiger partial charge in [0.2, 0.25) is 5.91 Å². The van der Waals surface area contributed by atoms with Gasteiger partial charge in [0.25, 0.3) is 0 Å². The molecule has 1 atom stereocenters. The van der Waals surface area contributed by atoms with Gasteiger partial charge in [-0.25, -0.2) is 0 Å². The van der Waals surface area contributed by atoms with Crippen molar-refractivity contribution in [2.45, 2.75) is 33.2 Å². The average Bonchev–Trinajstić information content (AvgIpc) is 1.98. The zero-order chi connectivity index (χ0) is 8.85. The Morgan fingerprint density at radius 1 is 1.73 bits per heavy atom. The molecule has 2 heteroatoms. The molecule has 0 aliphatic rings. The van der Waals surface area contributed by atoms with Crippen LogP contribution in [0.5, 0.6) is 0 Å². The van der Waals surface area contributed by atoms with Gasteiger partial charge in [0.15, 0.2) is 0 Å². The highest BCUT2D eigenvalue weighted by atomic mass is 16.2. The predicted molar refractivity (Wildman–Crippen MR) is 46.0 cm³/mol. The van der Waals surface area contributed by atoms with Crippen molar-refractivity contribution in [2.24, 2.45) is 0 Å². The Morgan fingerprint density at radius 3 is 2.55 bits per heavy atom. The standard InChI is InChI=1S/C9H15NO/c1-5-7-10(9(4)11)8(3)6-2/h2,8H,5,7H2,1,3-4H3/t8-/m1/s1. The molecule has 0 rings (SSSR count). The molecule has 0 aromatic rings. The van der Waals surface area contributed by atoms with Crippen molar-refractivity contribution in [3.05, 3.63) is 0 Å². The lowest BCUT2D eigenvalue weighted by Gasteiger charge is -2.23. The zero-order valence-corrected chi connectivity index (χ0v) is 7.42. The number of carbonyl (C=O) groups excluding carboxylic acids is 1. The summed E-state index contributed by atoms with van der Waals surface area (Å²) in [6.45, 7) is 6.18. The first-order valence-corrected chi connectivity index (χ1v) is 3.86. The fourth-order valence-electron chi connectivity index (χ4n) is 0.955. The summed E-state index contributed by atoms with van der Waals surface area (Å²) in [5, 5.41) is 0. The van der Waals surface area contributed by atoms with Crippen LogP contribution in [0.4, 0.5) is 0 Å². The van der Waals surface area contributed by atoms with Gasteiger partial charge in [0.05, 0.1) is 6.04 Å². The molecule has 0 aliphatic carbocycles. The second kappa shape index (κ2) is 4.79. The Morgan fingerprint density at radius 2 is 2.27 bits per heavy atom. The molecule has 0 aromatic carbocycles. The van der Waals surface area contributed by atoms with Gasteiger partial charge < -0.3 is 4.90 Å². The molecular weight excluding hydrogens is 138 g/mol. The highest BCUT2D eigenvalue weighted by molar-refractivity contribution is 5.73. The molecule has 0 bridgehead atoms. The number of carbonyl (C=O) groups is 1. The van der Waals surface area contributed by atoms with Gasteiger partial charge in [0, 0.05) is 13.5 Å². The van der Waals surface area contributed by atoms with Crippen molar-refractivity contribution in [2.75, 3.05) is 6.54 Å². The maximum absolute atomic E-state index is 11.0. The van der Waals surface area contributed by atoms with Crippen LogP contribution in [0.1, 0.15) is 27.2 Å². The van der Waals surface area contributed by atoms with Gasteiger partial charge in [0.1, 0.15) is 0 Å². The molecule has 0 radical (unpaired) electrons. The molecule has 0 N–H and O–H groups in total. The summed E-state index contributed by atoms with van der Waals surface area (Å²) in [6.07, 6.45) is 6.15. The highest BCUT2D eigenvalue weighted by Crippen LogP contribution is 1.99. The molecule has 0 saturated carbocycles. The zero-order valence-electron chi connectivity index (χ0n) is 7.42. The molecule has 62 valence electrons. The molecule has 2 nitrogen and oxygen atoms in total. The van der Waals surface area contributed by atoms with Gasteiger partial charge in [-0.2, -0.15) is 0 Å². The molecule has 11 heavy (non-hydrogen) atoms. The van der Waals surface area contributed by atoms with Crippen molar-refractivity contribution >= 4 is 5.91 Å². The molecule has 0 saturated heterocycles. The Balaban J connectivity index is 4.12. The molecule has 0 unspecified atom stereocenters. The molecule has 0 spiro atoms. The Kier molecular flexibility index (Phi) is 4.36. The van der Waals surface area contributed by atoms with Crippen molar-refractivity contribution in [1.82, 2.24) is 4.90 Å². The van der Waals surface area contributed by atoms with Crippen LogP contribution >= 0.6 is 0 Å². The first-order valence-electron chi connectivity index (χ1n) is 3.86. The lowest BCUT2D eigenvalue weighted by atomic mass is 10.2. The molecule has 0 fully saturated rings. The number of hydrogen-bond acceptors (Lipinski definition) is 1.